The van der Waals surface area contributed by atoms with Crippen LogP contribution in [0, 0.1) is 0 Å². The number of hydrogen-bond acceptors (Lipinski definition) is 6. The zero-order valence-corrected chi connectivity index (χ0v) is 18.8. The van der Waals surface area contributed by atoms with Gasteiger partial charge in [-0.05, 0) is 72.8 Å². The van der Waals surface area contributed by atoms with Gasteiger partial charge in [-0.1, -0.05) is 15.9 Å². The molecule has 0 heterocycles. The first kappa shape index (κ1) is 22.5. The van der Waals surface area contributed by atoms with E-state index in [1.54, 1.807) is 36.4 Å². The first-order chi connectivity index (χ1) is 14.8. The van der Waals surface area contributed by atoms with E-state index in [9.17, 15) is 18.0 Å². The van der Waals surface area contributed by atoms with Crippen LogP contribution in [0.25, 0.3) is 0 Å². The Bertz CT molecular complexity index is 1170. The second-order valence-corrected chi connectivity index (χ2v) is 8.96. The van der Waals surface area contributed by atoms with Crippen molar-refractivity contribution in [3.8, 4) is 5.75 Å². The standard InChI is InChI=1S/C22H18BrNO6S/c1-29-19-10-4-15(5-11-19)21(25)14-30-22(26)16-2-8-18(9-3-16)24-31(27,28)20-12-6-17(23)7-13-20/h2-13,24H,14H2,1H3. The van der Waals surface area contributed by atoms with E-state index in [1.807, 2.05) is 0 Å². The van der Waals surface area contributed by atoms with Crippen molar-refractivity contribution in [1.29, 1.82) is 0 Å². The maximum atomic E-state index is 12.4. The molecule has 0 unspecified atom stereocenters. The van der Waals surface area contributed by atoms with Crippen molar-refractivity contribution >= 4 is 43.4 Å². The van der Waals surface area contributed by atoms with E-state index < -0.39 is 22.6 Å². The van der Waals surface area contributed by atoms with Gasteiger partial charge >= 0.3 is 5.97 Å². The number of sulfonamides is 1. The molecule has 0 aliphatic rings. The Morgan fingerprint density at radius 2 is 1.45 bits per heavy atom. The highest BCUT2D eigenvalue weighted by molar-refractivity contribution is 9.10. The van der Waals surface area contributed by atoms with Crippen LogP contribution < -0.4 is 9.46 Å². The first-order valence-electron chi connectivity index (χ1n) is 9.01. The van der Waals surface area contributed by atoms with Gasteiger partial charge in [-0.25, -0.2) is 13.2 Å². The number of esters is 1. The minimum absolute atomic E-state index is 0.108. The van der Waals surface area contributed by atoms with Crippen LogP contribution in [-0.2, 0) is 14.8 Å². The van der Waals surface area contributed by atoms with E-state index in [-0.39, 0.29) is 21.9 Å². The normalized spacial score (nSPS) is 10.9. The molecule has 0 bridgehead atoms. The van der Waals surface area contributed by atoms with E-state index in [4.69, 9.17) is 9.47 Å². The molecule has 0 saturated heterocycles. The van der Waals surface area contributed by atoms with Gasteiger partial charge in [0.25, 0.3) is 10.0 Å². The fourth-order valence-electron chi connectivity index (χ4n) is 2.58. The Labute approximate surface area is 188 Å². The summed E-state index contributed by atoms with van der Waals surface area (Å²) in [7, 11) is -2.24. The van der Waals surface area contributed by atoms with Gasteiger partial charge in [0, 0.05) is 15.7 Å². The molecule has 0 aliphatic carbocycles. The number of carbonyl (C=O) groups excluding carboxylic acids is 2. The molecule has 0 atom stereocenters. The van der Waals surface area contributed by atoms with Crippen LogP contribution in [0.4, 0.5) is 5.69 Å². The predicted molar refractivity (Wildman–Crippen MR) is 119 cm³/mol. The first-order valence-corrected chi connectivity index (χ1v) is 11.3. The summed E-state index contributed by atoms with van der Waals surface area (Å²) in [4.78, 5) is 24.4. The molecule has 31 heavy (non-hydrogen) atoms. The second kappa shape index (κ2) is 9.76. The Morgan fingerprint density at radius 1 is 0.871 bits per heavy atom. The lowest BCUT2D eigenvalue weighted by atomic mass is 10.1. The van der Waals surface area contributed by atoms with Crippen LogP contribution in [0.3, 0.4) is 0 Å². The molecule has 160 valence electrons. The van der Waals surface area contributed by atoms with Crippen LogP contribution in [-0.4, -0.2) is 33.9 Å². The Morgan fingerprint density at radius 3 is 2.03 bits per heavy atom. The third-order valence-electron chi connectivity index (χ3n) is 4.24. The van der Waals surface area contributed by atoms with Crippen molar-refractivity contribution in [3.05, 3.63) is 88.4 Å². The quantitative estimate of drug-likeness (QED) is 0.363. The highest BCUT2D eigenvalue weighted by atomic mass is 79.9. The topological polar surface area (TPSA) is 98.8 Å². The molecular weight excluding hydrogens is 486 g/mol. The number of anilines is 1. The van der Waals surface area contributed by atoms with Gasteiger partial charge in [-0.3, -0.25) is 9.52 Å². The molecule has 3 aromatic rings. The number of ether oxygens (including phenoxy) is 2. The molecule has 0 amide bonds. The third-order valence-corrected chi connectivity index (χ3v) is 6.17. The summed E-state index contributed by atoms with van der Waals surface area (Å²) in [6.07, 6.45) is 0. The molecule has 0 aliphatic heterocycles. The minimum atomic E-state index is -3.76. The van der Waals surface area contributed by atoms with Crippen molar-refractivity contribution in [3.63, 3.8) is 0 Å². The maximum absolute atomic E-state index is 12.4. The van der Waals surface area contributed by atoms with E-state index in [1.165, 1.54) is 43.5 Å². The number of ketones is 1. The molecule has 9 heteroatoms. The summed E-state index contributed by atoms with van der Waals surface area (Å²) < 4.78 is 38.1. The van der Waals surface area contributed by atoms with Crippen molar-refractivity contribution in [2.75, 3.05) is 18.4 Å². The smallest absolute Gasteiger partial charge is 0.338 e. The summed E-state index contributed by atoms with van der Waals surface area (Å²) in [5.74, 6) is -0.427. The van der Waals surface area contributed by atoms with Gasteiger partial charge in [-0.2, -0.15) is 0 Å². The van der Waals surface area contributed by atoms with E-state index in [0.717, 1.165) is 4.47 Å². The number of benzene rings is 3. The van der Waals surface area contributed by atoms with E-state index in [0.29, 0.717) is 11.3 Å². The van der Waals surface area contributed by atoms with Crippen LogP contribution in [0.1, 0.15) is 20.7 Å². The summed E-state index contributed by atoms with van der Waals surface area (Å²) in [5, 5.41) is 0. The molecule has 7 nitrogen and oxygen atoms in total. The lowest BCUT2D eigenvalue weighted by Crippen LogP contribution is -2.15. The molecule has 0 saturated carbocycles. The maximum Gasteiger partial charge on any atom is 0.338 e. The SMILES string of the molecule is COc1ccc(C(=O)COC(=O)c2ccc(NS(=O)(=O)c3ccc(Br)cc3)cc2)cc1. The van der Waals surface area contributed by atoms with Crippen molar-refractivity contribution in [2.45, 2.75) is 4.90 Å². The van der Waals surface area contributed by atoms with Crippen LogP contribution in [0.5, 0.6) is 5.75 Å². The largest absolute Gasteiger partial charge is 0.497 e. The summed E-state index contributed by atoms with van der Waals surface area (Å²) in [5.41, 5.74) is 0.870. The van der Waals surface area contributed by atoms with Gasteiger partial charge in [0.15, 0.2) is 12.4 Å². The lowest BCUT2D eigenvalue weighted by molar-refractivity contribution is 0.0475. The number of carbonyl (C=O) groups is 2. The zero-order chi connectivity index (χ0) is 22.4. The fourth-order valence-corrected chi connectivity index (χ4v) is 3.90. The molecule has 3 aromatic carbocycles. The van der Waals surface area contributed by atoms with Crippen molar-refractivity contribution in [2.24, 2.45) is 0 Å². The van der Waals surface area contributed by atoms with Crippen molar-refractivity contribution < 1.29 is 27.5 Å². The molecule has 0 fully saturated rings. The summed E-state index contributed by atoms with van der Waals surface area (Å²) in [6.45, 7) is -0.414. The third kappa shape index (κ3) is 5.93. The number of hydrogen-bond donors (Lipinski definition) is 1. The van der Waals surface area contributed by atoms with E-state index >= 15 is 0 Å². The van der Waals surface area contributed by atoms with Gasteiger partial charge in [0.1, 0.15) is 5.75 Å². The van der Waals surface area contributed by atoms with Crippen LogP contribution in [0.15, 0.2) is 82.2 Å². The fraction of sp³-hybridized carbons (Fsp3) is 0.0909. The number of rotatable bonds is 8. The number of methoxy groups -OCH3 is 1. The van der Waals surface area contributed by atoms with Crippen LogP contribution in [0.2, 0.25) is 0 Å². The Kier molecular flexibility index (Phi) is 7.09. The minimum Gasteiger partial charge on any atom is -0.497 e. The van der Waals surface area contributed by atoms with Gasteiger partial charge < -0.3 is 9.47 Å². The highest BCUT2D eigenvalue weighted by Gasteiger charge is 2.15. The molecule has 3 rings (SSSR count). The van der Waals surface area contributed by atoms with Crippen molar-refractivity contribution in [1.82, 2.24) is 0 Å². The second-order valence-electron chi connectivity index (χ2n) is 6.36. The number of halogens is 1. The molecule has 1 N–H and O–H groups in total. The Balaban J connectivity index is 1.59. The average Bonchev–Trinajstić information content (AvgIpc) is 2.78. The van der Waals surface area contributed by atoms with E-state index in [2.05, 4.69) is 20.7 Å². The van der Waals surface area contributed by atoms with Gasteiger partial charge in [0.05, 0.1) is 17.6 Å². The van der Waals surface area contributed by atoms with Gasteiger partial charge in [0.2, 0.25) is 0 Å². The van der Waals surface area contributed by atoms with Gasteiger partial charge in [-0.15, -0.1) is 0 Å². The Hall–Kier alpha value is -3.17. The molecule has 0 spiro atoms. The monoisotopic (exact) mass is 503 g/mol. The lowest BCUT2D eigenvalue weighted by Gasteiger charge is -2.09. The molecule has 0 radical (unpaired) electrons. The summed E-state index contributed by atoms with van der Waals surface area (Å²) >= 11 is 3.26. The summed E-state index contributed by atoms with van der Waals surface area (Å²) in [6, 6.07) is 18.4. The highest BCUT2D eigenvalue weighted by Crippen LogP contribution is 2.19. The predicted octanol–water partition coefficient (Wildman–Crippen LogP) is 4.30. The number of nitrogens with one attached hydrogen (secondary N) is 1. The molecular formula is C22H18BrNO6S. The zero-order valence-electron chi connectivity index (χ0n) is 16.4. The average molecular weight is 504 g/mol. The van der Waals surface area contributed by atoms with Crippen LogP contribution >= 0.6 is 15.9 Å². The number of Topliss-reactive ketones (excluding diaryl/α,β-unsaturated/α-hetero) is 1. The molecule has 0 aromatic heterocycles.